The number of ketones is 1. The van der Waals surface area contributed by atoms with Crippen molar-refractivity contribution in [2.24, 2.45) is 14.1 Å². The lowest BCUT2D eigenvalue weighted by atomic mass is 10.2. The third-order valence-corrected chi connectivity index (χ3v) is 6.10. The molecule has 0 radical (unpaired) electrons. The third kappa shape index (κ3) is 5.09. The number of aromatic nitrogens is 4. The molecule has 11 heteroatoms. The number of nitrogens with zero attached hydrogens (tertiary/aromatic N) is 4. The molecule has 0 fully saturated rings. The minimum absolute atomic E-state index is 0.0813. The maximum atomic E-state index is 13.1. The lowest BCUT2D eigenvalue weighted by molar-refractivity contribution is 0.0743. The first-order chi connectivity index (χ1) is 15.6. The van der Waals surface area contributed by atoms with Crippen molar-refractivity contribution in [2.45, 2.75) is 38.1 Å². The summed E-state index contributed by atoms with van der Waals surface area (Å²) in [6.07, 6.45) is 0.672. The van der Waals surface area contributed by atoms with Crippen molar-refractivity contribution in [3.63, 3.8) is 0 Å². The van der Waals surface area contributed by atoms with Crippen molar-refractivity contribution in [3.8, 4) is 0 Å². The van der Waals surface area contributed by atoms with Crippen LogP contribution in [0.5, 0.6) is 0 Å². The summed E-state index contributed by atoms with van der Waals surface area (Å²) in [6, 6.07) is 6.99. The highest BCUT2D eigenvalue weighted by Crippen LogP contribution is 2.20. The predicted molar refractivity (Wildman–Crippen MR) is 128 cm³/mol. The van der Waals surface area contributed by atoms with Gasteiger partial charge in [0.25, 0.3) is 11.1 Å². The van der Waals surface area contributed by atoms with E-state index in [0.29, 0.717) is 35.6 Å². The summed E-state index contributed by atoms with van der Waals surface area (Å²) >= 11 is 1.05. The van der Waals surface area contributed by atoms with Crippen LogP contribution in [-0.2, 0) is 25.4 Å². The van der Waals surface area contributed by atoms with Crippen LogP contribution in [-0.4, -0.2) is 42.9 Å². The zero-order valence-electron chi connectivity index (χ0n) is 19.0. The van der Waals surface area contributed by atoms with E-state index in [9.17, 15) is 19.2 Å². The average Bonchev–Trinajstić information content (AvgIpc) is 2.79. The number of benzene rings is 1. The minimum Gasteiger partial charge on any atom is -0.384 e. The van der Waals surface area contributed by atoms with E-state index in [-0.39, 0.29) is 28.8 Å². The summed E-state index contributed by atoms with van der Waals surface area (Å²) in [5.41, 5.74) is 4.57. The van der Waals surface area contributed by atoms with E-state index in [1.165, 1.54) is 18.7 Å². The van der Waals surface area contributed by atoms with Crippen LogP contribution >= 0.6 is 11.8 Å². The molecule has 0 saturated carbocycles. The van der Waals surface area contributed by atoms with Gasteiger partial charge in [-0.3, -0.25) is 28.1 Å². The number of anilines is 1. The van der Waals surface area contributed by atoms with Gasteiger partial charge in [0.1, 0.15) is 11.4 Å². The number of hydrogen-bond donors (Lipinski definition) is 1. The normalized spacial score (nSPS) is 11.4. The molecule has 0 aliphatic carbocycles. The van der Waals surface area contributed by atoms with Crippen LogP contribution in [0.4, 0.5) is 5.82 Å². The van der Waals surface area contributed by atoms with Crippen LogP contribution in [0.3, 0.4) is 0 Å². The van der Waals surface area contributed by atoms with Gasteiger partial charge in [-0.2, -0.15) is 0 Å². The summed E-state index contributed by atoms with van der Waals surface area (Å²) in [5.74, 6) is -0.917. The minimum atomic E-state index is -0.754. The molecule has 2 aromatic heterocycles. The van der Waals surface area contributed by atoms with E-state index in [2.05, 4.69) is 4.98 Å². The van der Waals surface area contributed by atoms with E-state index in [1.54, 1.807) is 24.3 Å². The van der Waals surface area contributed by atoms with Crippen molar-refractivity contribution in [2.75, 3.05) is 18.1 Å². The lowest BCUT2D eigenvalue weighted by Crippen LogP contribution is -2.41. The number of fused-ring (bicyclic) bond motifs is 1. The van der Waals surface area contributed by atoms with Gasteiger partial charge in [-0.1, -0.05) is 23.9 Å². The Morgan fingerprint density at radius 1 is 1.12 bits per heavy atom. The smallest absolute Gasteiger partial charge is 0.332 e. The molecule has 0 aliphatic heterocycles. The second-order valence-electron chi connectivity index (χ2n) is 7.82. The van der Waals surface area contributed by atoms with E-state index < -0.39 is 17.0 Å². The number of nitrogens with two attached hydrogens (primary N) is 1. The molecular formula is C22H27N5O5S. The maximum Gasteiger partial charge on any atom is 0.332 e. The molecule has 33 heavy (non-hydrogen) atoms. The second kappa shape index (κ2) is 10.2. The first-order valence-electron chi connectivity index (χ1n) is 10.5. The third-order valence-electron chi connectivity index (χ3n) is 5.12. The number of thioether (sulfide) groups is 1. The van der Waals surface area contributed by atoms with Crippen LogP contribution < -0.4 is 22.5 Å². The summed E-state index contributed by atoms with van der Waals surface area (Å²) in [6.45, 7) is 4.71. The highest BCUT2D eigenvalue weighted by atomic mass is 32.2. The highest BCUT2D eigenvalue weighted by Gasteiger charge is 2.21. The quantitative estimate of drug-likeness (QED) is 0.212. The monoisotopic (exact) mass is 473 g/mol. The highest BCUT2D eigenvalue weighted by molar-refractivity contribution is 7.99. The van der Waals surface area contributed by atoms with Crippen molar-refractivity contribution < 1.29 is 9.53 Å². The molecule has 176 valence electrons. The van der Waals surface area contributed by atoms with Crippen LogP contribution in [0.25, 0.3) is 10.9 Å². The van der Waals surface area contributed by atoms with Gasteiger partial charge in [-0.15, -0.1) is 0 Å². The number of carbonyl (C=O) groups excluding carboxylic acids is 1. The van der Waals surface area contributed by atoms with E-state index in [0.717, 1.165) is 20.9 Å². The molecule has 0 unspecified atom stereocenters. The fourth-order valence-electron chi connectivity index (χ4n) is 3.32. The second-order valence-corrected chi connectivity index (χ2v) is 8.76. The maximum absolute atomic E-state index is 13.1. The molecule has 0 saturated heterocycles. The van der Waals surface area contributed by atoms with Gasteiger partial charge in [0, 0.05) is 27.2 Å². The van der Waals surface area contributed by atoms with Crippen LogP contribution in [0.1, 0.15) is 30.6 Å². The first-order valence-corrected chi connectivity index (χ1v) is 11.4. The van der Waals surface area contributed by atoms with Crippen molar-refractivity contribution in [1.29, 1.82) is 0 Å². The zero-order valence-corrected chi connectivity index (χ0v) is 19.8. The van der Waals surface area contributed by atoms with E-state index >= 15 is 0 Å². The molecule has 0 spiro atoms. The van der Waals surface area contributed by atoms with Gasteiger partial charge in [0.05, 0.1) is 22.8 Å². The van der Waals surface area contributed by atoms with Crippen LogP contribution in [0, 0.1) is 0 Å². The van der Waals surface area contributed by atoms with E-state index in [1.807, 2.05) is 13.8 Å². The SMILES string of the molecule is CC(C)OCCCn1c(SCC(=O)c2c(N)n(C)c(=O)n(C)c2=O)nc2ccccc2c1=O. The fraction of sp³-hybridized carbons (Fsp3) is 0.409. The Kier molecular flexibility index (Phi) is 7.54. The Balaban J connectivity index is 1.93. The molecule has 1 aromatic carbocycles. The molecule has 2 heterocycles. The Labute approximate surface area is 194 Å². The van der Waals surface area contributed by atoms with Gasteiger partial charge in [-0.05, 0) is 32.4 Å². The van der Waals surface area contributed by atoms with Crippen LogP contribution in [0.15, 0.2) is 43.8 Å². The van der Waals surface area contributed by atoms with Gasteiger partial charge in [0.2, 0.25) is 0 Å². The lowest BCUT2D eigenvalue weighted by Gasteiger charge is -2.14. The summed E-state index contributed by atoms with van der Waals surface area (Å²) in [7, 11) is 2.68. The van der Waals surface area contributed by atoms with E-state index in [4.69, 9.17) is 10.5 Å². The number of para-hydroxylation sites is 1. The van der Waals surface area contributed by atoms with Gasteiger partial charge >= 0.3 is 5.69 Å². The Morgan fingerprint density at radius 3 is 2.52 bits per heavy atom. The summed E-state index contributed by atoms with van der Waals surface area (Å²) in [5, 5.41) is 0.839. The van der Waals surface area contributed by atoms with Crippen molar-refractivity contribution >= 4 is 34.3 Å². The average molecular weight is 474 g/mol. The number of ether oxygens (including phenoxy) is 1. The molecule has 0 amide bonds. The predicted octanol–water partition coefficient (Wildman–Crippen LogP) is 1.17. The standard InChI is InChI=1S/C22H27N5O5S/c1-13(2)32-11-7-10-27-19(29)14-8-5-6-9-15(14)24-21(27)33-12-16(28)17-18(23)25(3)22(31)26(4)20(17)30/h5-6,8-9,13H,7,10-12,23H2,1-4H3. The Bertz CT molecular complexity index is 1370. The number of rotatable bonds is 9. The molecule has 3 aromatic rings. The number of carbonyl (C=O) groups is 1. The summed E-state index contributed by atoms with van der Waals surface area (Å²) in [4.78, 5) is 55.1. The Morgan fingerprint density at radius 2 is 1.82 bits per heavy atom. The number of Topliss-reactive ketones (excluding diaryl/α,β-unsaturated/α-hetero) is 1. The van der Waals surface area contributed by atoms with Crippen molar-refractivity contribution in [1.82, 2.24) is 18.7 Å². The van der Waals surface area contributed by atoms with Crippen molar-refractivity contribution in [3.05, 3.63) is 61.0 Å². The van der Waals surface area contributed by atoms with Crippen LogP contribution in [0.2, 0.25) is 0 Å². The summed E-state index contributed by atoms with van der Waals surface area (Å²) < 4.78 is 8.98. The largest absolute Gasteiger partial charge is 0.384 e. The molecule has 0 aliphatic rings. The fourth-order valence-corrected chi connectivity index (χ4v) is 4.22. The first kappa shape index (κ1) is 24.5. The molecule has 0 bridgehead atoms. The topological polar surface area (TPSA) is 131 Å². The Hall–Kier alpha value is -3.18. The van der Waals surface area contributed by atoms with Gasteiger partial charge in [0.15, 0.2) is 10.9 Å². The molecular weight excluding hydrogens is 446 g/mol. The van der Waals surface area contributed by atoms with Gasteiger partial charge in [-0.25, -0.2) is 9.78 Å². The van der Waals surface area contributed by atoms with Gasteiger partial charge < -0.3 is 10.5 Å². The number of hydrogen-bond acceptors (Lipinski definition) is 8. The number of nitrogen functional groups attached to an aromatic ring is 1. The zero-order chi connectivity index (χ0) is 24.3. The molecule has 2 N–H and O–H groups in total. The molecule has 0 atom stereocenters. The molecule has 3 rings (SSSR count). The molecule has 10 nitrogen and oxygen atoms in total.